The molecule has 0 aromatic carbocycles. The van der Waals surface area contributed by atoms with Gasteiger partial charge in [-0.15, -0.1) is 0 Å². The zero-order chi connectivity index (χ0) is 17.1. The van der Waals surface area contributed by atoms with Gasteiger partial charge >= 0.3 is 0 Å². The fraction of sp³-hybridized carbons (Fsp3) is 0.500. The predicted octanol–water partition coefficient (Wildman–Crippen LogP) is 2.12. The number of carbonyl (C=O) groups is 1. The van der Waals surface area contributed by atoms with E-state index in [1.165, 1.54) is 11.1 Å². The van der Waals surface area contributed by atoms with Crippen molar-refractivity contribution in [1.29, 1.82) is 0 Å². The maximum atomic E-state index is 12.5. The van der Waals surface area contributed by atoms with Crippen LogP contribution in [0.4, 0.5) is 0 Å². The van der Waals surface area contributed by atoms with E-state index < -0.39 is 0 Å². The van der Waals surface area contributed by atoms with Crippen LogP contribution in [0.15, 0.2) is 40.9 Å². The minimum absolute atomic E-state index is 0.0343. The quantitative estimate of drug-likeness (QED) is 0.925. The van der Waals surface area contributed by atoms with Gasteiger partial charge in [0.2, 0.25) is 0 Å². The number of amidine groups is 1. The summed E-state index contributed by atoms with van der Waals surface area (Å²) in [5.74, 6) is 1.48. The van der Waals surface area contributed by atoms with Crippen molar-refractivity contribution in [1.82, 2.24) is 19.8 Å². The maximum absolute atomic E-state index is 12.5. The van der Waals surface area contributed by atoms with Crippen molar-refractivity contribution in [3.8, 4) is 0 Å². The minimum atomic E-state index is 0.0343. The fourth-order valence-corrected chi connectivity index (χ4v) is 3.45. The topological polar surface area (TPSA) is 62.5 Å². The van der Waals surface area contributed by atoms with Gasteiger partial charge in [0.1, 0.15) is 11.5 Å². The number of piperidine rings is 1. The highest BCUT2D eigenvalue weighted by atomic mass is 16.2. The Hall–Kier alpha value is -2.37. The Morgan fingerprint density at radius 1 is 1.46 bits per heavy atom. The van der Waals surface area contributed by atoms with E-state index in [0.29, 0.717) is 11.6 Å². The highest BCUT2D eigenvalue weighted by molar-refractivity contribution is 6.05. The Morgan fingerprint density at radius 2 is 2.21 bits per heavy atom. The summed E-state index contributed by atoms with van der Waals surface area (Å²) in [5, 5.41) is 3.29. The molecule has 3 heterocycles. The van der Waals surface area contributed by atoms with Gasteiger partial charge in [0.25, 0.3) is 5.91 Å². The molecule has 3 rings (SSSR count). The van der Waals surface area contributed by atoms with Crippen molar-refractivity contribution >= 4 is 11.7 Å². The standard InChI is InChI=1S/C18H25N5O/c1-4-14-15(10-20-17(14)19-5-2)13-6-8-23(9-7-13)18(24)16-11-22(3)12-21-16/h4,10-13H,5-9H2,1-3H3,(H,19,20)/b14-4-. The van der Waals surface area contributed by atoms with Crippen LogP contribution in [-0.4, -0.2) is 45.8 Å². The Bertz CT molecular complexity index is 705. The normalized spacial score (nSPS) is 22.1. The van der Waals surface area contributed by atoms with Crippen molar-refractivity contribution in [2.45, 2.75) is 26.7 Å². The summed E-state index contributed by atoms with van der Waals surface area (Å²) in [6, 6.07) is 0. The van der Waals surface area contributed by atoms with E-state index in [4.69, 9.17) is 0 Å². The van der Waals surface area contributed by atoms with Crippen molar-refractivity contribution in [2.75, 3.05) is 19.6 Å². The molecule has 1 aromatic heterocycles. The molecule has 0 unspecified atom stereocenters. The molecule has 1 amide bonds. The lowest BCUT2D eigenvalue weighted by Crippen LogP contribution is -2.39. The second kappa shape index (κ2) is 7.03. The molecule has 1 aromatic rings. The summed E-state index contributed by atoms with van der Waals surface area (Å²) >= 11 is 0. The van der Waals surface area contributed by atoms with Crippen LogP contribution in [0.1, 0.15) is 37.2 Å². The average Bonchev–Trinajstić information content (AvgIpc) is 3.21. The monoisotopic (exact) mass is 327 g/mol. The van der Waals surface area contributed by atoms with Crippen molar-refractivity contribution in [2.24, 2.45) is 18.0 Å². The Morgan fingerprint density at radius 3 is 2.79 bits per heavy atom. The smallest absolute Gasteiger partial charge is 0.274 e. The number of aryl methyl sites for hydroxylation is 1. The molecule has 0 spiro atoms. The number of allylic oxidation sites excluding steroid dienone is 1. The largest absolute Gasteiger partial charge is 0.346 e. The molecule has 6 heteroatoms. The Kier molecular flexibility index (Phi) is 4.83. The van der Waals surface area contributed by atoms with Gasteiger partial charge in [0, 0.05) is 44.7 Å². The van der Waals surface area contributed by atoms with Gasteiger partial charge in [-0.3, -0.25) is 9.79 Å². The van der Waals surface area contributed by atoms with Crippen LogP contribution in [-0.2, 0) is 7.05 Å². The number of nitrogens with zero attached hydrogens (tertiary/aromatic N) is 4. The Labute approximate surface area is 143 Å². The first-order valence-corrected chi connectivity index (χ1v) is 8.59. The summed E-state index contributed by atoms with van der Waals surface area (Å²) < 4.78 is 1.81. The zero-order valence-corrected chi connectivity index (χ0v) is 14.6. The molecule has 24 heavy (non-hydrogen) atoms. The third kappa shape index (κ3) is 3.13. The van der Waals surface area contributed by atoms with Crippen LogP contribution in [0.2, 0.25) is 0 Å². The van der Waals surface area contributed by atoms with Crippen LogP contribution in [0.25, 0.3) is 0 Å². The van der Waals surface area contributed by atoms with Crippen molar-refractivity contribution in [3.63, 3.8) is 0 Å². The van der Waals surface area contributed by atoms with Crippen LogP contribution in [0.5, 0.6) is 0 Å². The number of rotatable bonds is 3. The van der Waals surface area contributed by atoms with E-state index in [2.05, 4.69) is 34.5 Å². The Balaban J connectivity index is 1.63. The SMILES string of the molecule is C/C=C1/C(C2CCN(C(=O)c3cn(C)cn3)CC2)=CNC1=NCC. The van der Waals surface area contributed by atoms with Crippen molar-refractivity contribution in [3.05, 3.63) is 41.6 Å². The number of nitrogens with one attached hydrogen (secondary N) is 1. The molecule has 0 aliphatic carbocycles. The molecule has 0 atom stereocenters. The number of amides is 1. The predicted molar refractivity (Wildman–Crippen MR) is 94.8 cm³/mol. The van der Waals surface area contributed by atoms with Crippen LogP contribution >= 0.6 is 0 Å². The van der Waals surface area contributed by atoms with E-state index in [1.54, 1.807) is 12.5 Å². The lowest BCUT2D eigenvalue weighted by atomic mass is 9.86. The van der Waals surface area contributed by atoms with Gasteiger partial charge in [0.15, 0.2) is 0 Å². The van der Waals surface area contributed by atoms with Gasteiger partial charge in [-0.1, -0.05) is 6.08 Å². The molecular weight excluding hydrogens is 302 g/mol. The summed E-state index contributed by atoms with van der Waals surface area (Å²) in [5.41, 5.74) is 3.07. The number of carbonyl (C=O) groups excluding carboxylic acids is 1. The first-order valence-electron chi connectivity index (χ1n) is 8.59. The summed E-state index contributed by atoms with van der Waals surface area (Å²) in [7, 11) is 1.88. The van der Waals surface area contributed by atoms with E-state index in [0.717, 1.165) is 38.3 Å². The number of likely N-dealkylation sites (tertiary alicyclic amines) is 1. The summed E-state index contributed by atoms with van der Waals surface area (Å²) in [6.07, 6.45) is 9.62. The molecule has 0 bridgehead atoms. The lowest BCUT2D eigenvalue weighted by Gasteiger charge is -2.32. The number of aromatic nitrogens is 2. The number of imidazole rings is 1. The fourth-order valence-electron chi connectivity index (χ4n) is 3.45. The number of hydrogen-bond donors (Lipinski definition) is 1. The molecule has 0 radical (unpaired) electrons. The molecule has 2 aliphatic heterocycles. The molecular formula is C18H25N5O. The van der Waals surface area contributed by atoms with Gasteiger partial charge in [0.05, 0.1) is 6.33 Å². The molecule has 1 saturated heterocycles. The van der Waals surface area contributed by atoms with Gasteiger partial charge in [-0.25, -0.2) is 4.98 Å². The van der Waals surface area contributed by atoms with Crippen LogP contribution in [0, 0.1) is 5.92 Å². The minimum Gasteiger partial charge on any atom is -0.346 e. The lowest BCUT2D eigenvalue weighted by molar-refractivity contribution is 0.0697. The molecule has 128 valence electrons. The molecule has 6 nitrogen and oxygen atoms in total. The third-order valence-corrected chi connectivity index (χ3v) is 4.68. The van der Waals surface area contributed by atoms with Crippen LogP contribution < -0.4 is 5.32 Å². The molecule has 1 fully saturated rings. The van der Waals surface area contributed by atoms with Gasteiger partial charge < -0.3 is 14.8 Å². The highest BCUT2D eigenvalue weighted by Gasteiger charge is 2.30. The van der Waals surface area contributed by atoms with E-state index in [-0.39, 0.29) is 5.91 Å². The molecule has 0 saturated carbocycles. The first-order chi connectivity index (χ1) is 11.6. The van der Waals surface area contributed by atoms with E-state index in [9.17, 15) is 4.79 Å². The first kappa shape index (κ1) is 16.5. The van der Waals surface area contributed by atoms with Crippen LogP contribution in [0.3, 0.4) is 0 Å². The third-order valence-electron chi connectivity index (χ3n) is 4.68. The average molecular weight is 327 g/mol. The second-order valence-corrected chi connectivity index (χ2v) is 6.26. The number of aliphatic imine (C=N–C) groups is 1. The second-order valence-electron chi connectivity index (χ2n) is 6.26. The molecule has 2 aliphatic rings. The van der Waals surface area contributed by atoms with Crippen molar-refractivity contribution < 1.29 is 4.79 Å². The summed E-state index contributed by atoms with van der Waals surface area (Å²) in [4.78, 5) is 23.1. The zero-order valence-electron chi connectivity index (χ0n) is 14.6. The highest BCUT2D eigenvalue weighted by Crippen LogP contribution is 2.32. The summed E-state index contributed by atoms with van der Waals surface area (Å²) in [6.45, 7) is 6.42. The number of hydrogen-bond acceptors (Lipinski definition) is 3. The molecule has 1 N–H and O–H groups in total. The van der Waals surface area contributed by atoms with E-state index in [1.807, 2.05) is 23.4 Å². The van der Waals surface area contributed by atoms with Gasteiger partial charge in [-0.05, 0) is 38.2 Å². The van der Waals surface area contributed by atoms with Gasteiger partial charge in [-0.2, -0.15) is 0 Å². The maximum Gasteiger partial charge on any atom is 0.274 e. The van der Waals surface area contributed by atoms with E-state index >= 15 is 0 Å².